The Hall–Kier alpha value is -0.990. The van der Waals surface area contributed by atoms with Gasteiger partial charge in [-0.05, 0) is 40.8 Å². The fourth-order valence-electron chi connectivity index (χ4n) is 0.943. The Morgan fingerprint density at radius 2 is 1.94 bits per heavy atom. The number of hydrogen-bond acceptors (Lipinski definition) is 2. The smallest absolute Gasteiger partial charge is 0.409 e. The van der Waals surface area contributed by atoms with Crippen LogP contribution in [0.1, 0.15) is 5.56 Å². The second-order valence-corrected chi connectivity index (χ2v) is 4.57. The third kappa shape index (κ3) is 3.76. The van der Waals surface area contributed by atoms with Crippen LogP contribution in [0.25, 0.3) is 0 Å². The van der Waals surface area contributed by atoms with E-state index in [2.05, 4.69) is 0 Å². The van der Waals surface area contributed by atoms with Crippen LogP contribution < -0.4 is 4.74 Å². The second kappa shape index (κ2) is 5.11. The maximum atomic E-state index is 12.4. The van der Waals surface area contributed by atoms with Crippen LogP contribution >= 0.6 is 22.6 Å². The Labute approximate surface area is 110 Å². The average Bonchev–Trinajstić information content (AvgIpc) is 2.19. The molecule has 0 atom stereocenters. The van der Waals surface area contributed by atoms with E-state index in [9.17, 15) is 18.0 Å². The first-order valence-electron chi connectivity index (χ1n) is 4.47. The van der Waals surface area contributed by atoms with Crippen molar-refractivity contribution in [3.8, 4) is 5.75 Å². The van der Waals surface area contributed by atoms with E-state index in [0.717, 1.165) is 17.0 Å². The molecule has 7 heteroatoms. The van der Waals surface area contributed by atoms with Crippen LogP contribution in [0.5, 0.6) is 5.75 Å². The van der Waals surface area contributed by atoms with E-state index >= 15 is 0 Å². The monoisotopic (exact) mass is 359 g/mol. The van der Waals surface area contributed by atoms with Crippen LogP contribution in [0.3, 0.4) is 0 Å². The van der Waals surface area contributed by atoms with E-state index in [1.165, 1.54) is 20.2 Å². The predicted molar refractivity (Wildman–Crippen MR) is 63.9 cm³/mol. The van der Waals surface area contributed by atoms with Crippen molar-refractivity contribution in [1.82, 2.24) is 4.90 Å². The highest BCUT2D eigenvalue weighted by Crippen LogP contribution is 2.33. The summed E-state index contributed by atoms with van der Waals surface area (Å²) in [4.78, 5) is 12.4. The number of carbonyl (C=O) groups excluding carboxylic acids is 1. The van der Waals surface area contributed by atoms with Gasteiger partial charge in [0.1, 0.15) is 5.75 Å². The number of ether oxygens (including phenoxy) is 1. The highest BCUT2D eigenvalue weighted by molar-refractivity contribution is 14.1. The maximum Gasteiger partial charge on any atom is 0.416 e. The lowest BCUT2D eigenvalue weighted by atomic mass is 10.2. The molecular formula is C10H9F3INO2. The van der Waals surface area contributed by atoms with Gasteiger partial charge < -0.3 is 9.64 Å². The van der Waals surface area contributed by atoms with Crippen molar-refractivity contribution >= 4 is 28.7 Å². The maximum absolute atomic E-state index is 12.4. The summed E-state index contributed by atoms with van der Waals surface area (Å²) in [7, 11) is 2.89. The minimum atomic E-state index is -4.45. The van der Waals surface area contributed by atoms with Gasteiger partial charge >= 0.3 is 12.3 Å². The van der Waals surface area contributed by atoms with E-state index < -0.39 is 17.8 Å². The van der Waals surface area contributed by atoms with Crippen molar-refractivity contribution in [2.24, 2.45) is 0 Å². The molecule has 0 radical (unpaired) electrons. The molecule has 0 aliphatic heterocycles. The Kier molecular flexibility index (Phi) is 4.23. The molecule has 17 heavy (non-hydrogen) atoms. The van der Waals surface area contributed by atoms with Gasteiger partial charge in [0.05, 0.1) is 9.13 Å². The first-order chi connectivity index (χ1) is 7.71. The molecule has 0 saturated carbocycles. The van der Waals surface area contributed by atoms with Crippen LogP contribution in [0.4, 0.5) is 18.0 Å². The predicted octanol–water partition coefficient (Wildman–Crippen LogP) is 3.37. The summed E-state index contributed by atoms with van der Waals surface area (Å²) in [6.45, 7) is 0. The van der Waals surface area contributed by atoms with E-state index in [-0.39, 0.29) is 5.75 Å². The molecule has 1 rings (SSSR count). The molecule has 0 unspecified atom stereocenters. The van der Waals surface area contributed by atoms with E-state index in [1.807, 2.05) is 0 Å². The summed E-state index contributed by atoms with van der Waals surface area (Å²) in [5.41, 5.74) is -0.848. The van der Waals surface area contributed by atoms with Crippen LogP contribution in [0, 0.1) is 3.57 Å². The number of rotatable bonds is 1. The molecule has 1 aromatic carbocycles. The van der Waals surface area contributed by atoms with Crippen LogP contribution in [-0.2, 0) is 6.18 Å². The van der Waals surface area contributed by atoms with Gasteiger partial charge in [0.2, 0.25) is 0 Å². The van der Waals surface area contributed by atoms with Crippen LogP contribution in [0.15, 0.2) is 18.2 Å². The zero-order chi connectivity index (χ0) is 13.2. The molecule has 0 spiro atoms. The van der Waals surface area contributed by atoms with E-state index in [1.54, 1.807) is 22.6 Å². The molecule has 0 aliphatic rings. The summed E-state index contributed by atoms with van der Waals surface area (Å²) in [6.07, 6.45) is -5.17. The van der Waals surface area contributed by atoms with Crippen molar-refractivity contribution < 1.29 is 22.7 Å². The minimum absolute atomic E-state index is 0.0980. The van der Waals surface area contributed by atoms with E-state index in [4.69, 9.17) is 4.74 Å². The summed E-state index contributed by atoms with van der Waals surface area (Å²) in [5.74, 6) is -0.0980. The van der Waals surface area contributed by atoms with Gasteiger partial charge in [-0.3, -0.25) is 0 Å². The Morgan fingerprint density at radius 1 is 1.35 bits per heavy atom. The molecule has 0 N–H and O–H groups in total. The first-order valence-corrected chi connectivity index (χ1v) is 5.55. The number of benzene rings is 1. The molecule has 0 saturated heterocycles. The van der Waals surface area contributed by atoms with Gasteiger partial charge in [0.25, 0.3) is 0 Å². The zero-order valence-electron chi connectivity index (χ0n) is 9.01. The zero-order valence-corrected chi connectivity index (χ0v) is 11.2. The fraction of sp³-hybridized carbons (Fsp3) is 0.300. The number of nitrogens with zero attached hydrogens (tertiary/aromatic N) is 1. The van der Waals surface area contributed by atoms with Gasteiger partial charge in [0, 0.05) is 14.1 Å². The van der Waals surface area contributed by atoms with Gasteiger partial charge in [-0.1, -0.05) is 0 Å². The number of hydrogen-bond donors (Lipinski definition) is 0. The third-order valence-electron chi connectivity index (χ3n) is 1.82. The summed E-state index contributed by atoms with van der Waals surface area (Å²) >= 11 is 1.80. The van der Waals surface area contributed by atoms with Gasteiger partial charge in [-0.15, -0.1) is 0 Å². The van der Waals surface area contributed by atoms with Crippen molar-refractivity contribution in [2.75, 3.05) is 14.1 Å². The lowest BCUT2D eigenvalue weighted by Gasteiger charge is -2.13. The van der Waals surface area contributed by atoms with Crippen molar-refractivity contribution in [1.29, 1.82) is 0 Å². The summed E-state index contributed by atoms with van der Waals surface area (Å²) in [6, 6.07) is 3.00. The number of halogens is 4. The largest absolute Gasteiger partial charge is 0.416 e. The Bertz CT molecular complexity index is 432. The third-order valence-corrected chi connectivity index (χ3v) is 2.71. The van der Waals surface area contributed by atoms with Crippen molar-refractivity contribution in [2.45, 2.75) is 6.18 Å². The molecular weight excluding hydrogens is 350 g/mol. The van der Waals surface area contributed by atoms with Crippen LogP contribution in [0.2, 0.25) is 0 Å². The molecule has 1 amide bonds. The lowest BCUT2D eigenvalue weighted by Crippen LogP contribution is -2.25. The molecule has 3 nitrogen and oxygen atoms in total. The fourth-order valence-corrected chi connectivity index (χ4v) is 1.39. The minimum Gasteiger partial charge on any atom is -0.409 e. The summed E-state index contributed by atoms with van der Waals surface area (Å²) < 4.78 is 42.6. The molecule has 0 aliphatic carbocycles. The highest BCUT2D eigenvalue weighted by Gasteiger charge is 2.31. The first kappa shape index (κ1) is 14.1. The molecule has 94 valence electrons. The Morgan fingerprint density at radius 3 is 2.41 bits per heavy atom. The number of carbonyl (C=O) groups is 1. The standard InChI is InChI=1S/C10H9F3INO2/c1-15(2)9(16)17-8-5-6(10(11,12)13)3-4-7(8)14/h3-5H,1-2H3. The van der Waals surface area contributed by atoms with Crippen molar-refractivity contribution in [3.63, 3.8) is 0 Å². The number of alkyl halides is 3. The highest BCUT2D eigenvalue weighted by atomic mass is 127. The lowest BCUT2D eigenvalue weighted by molar-refractivity contribution is -0.137. The topological polar surface area (TPSA) is 29.5 Å². The molecule has 0 aromatic heterocycles. The normalized spacial score (nSPS) is 11.2. The average molecular weight is 359 g/mol. The SMILES string of the molecule is CN(C)C(=O)Oc1cc(C(F)(F)F)ccc1I. The van der Waals surface area contributed by atoms with E-state index in [0.29, 0.717) is 3.57 Å². The Balaban J connectivity index is 3.03. The van der Waals surface area contributed by atoms with Crippen LogP contribution in [-0.4, -0.2) is 25.1 Å². The summed E-state index contributed by atoms with van der Waals surface area (Å²) in [5, 5.41) is 0. The van der Waals surface area contributed by atoms with Gasteiger partial charge in [-0.2, -0.15) is 13.2 Å². The molecule has 0 heterocycles. The molecule has 1 aromatic rings. The number of amides is 1. The second-order valence-electron chi connectivity index (χ2n) is 3.41. The van der Waals surface area contributed by atoms with Gasteiger partial charge in [-0.25, -0.2) is 4.79 Å². The van der Waals surface area contributed by atoms with Crippen molar-refractivity contribution in [3.05, 3.63) is 27.3 Å². The molecule has 0 bridgehead atoms. The van der Waals surface area contributed by atoms with Gasteiger partial charge in [0.15, 0.2) is 0 Å². The molecule has 0 fully saturated rings. The quantitative estimate of drug-likeness (QED) is 0.720.